The van der Waals surface area contributed by atoms with Crippen LogP contribution >= 0.6 is 0 Å². The lowest BCUT2D eigenvalue weighted by atomic mass is 9.87. The molecule has 0 radical (unpaired) electrons. The van der Waals surface area contributed by atoms with Crippen molar-refractivity contribution < 1.29 is 13.9 Å². The van der Waals surface area contributed by atoms with Crippen LogP contribution in [0.5, 0.6) is 5.75 Å². The van der Waals surface area contributed by atoms with Crippen LogP contribution in [0, 0.1) is 0 Å². The minimum atomic E-state index is 0.0533. The van der Waals surface area contributed by atoms with Gasteiger partial charge in [0.05, 0.1) is 19.7 Å². The summed E-state index contributed by atoms with van der Waals surface area (Å²) in [6.07, 6.45) is 0.938. The van der Waals surface area contributed by atoms with E-state index in [-0.39, 0.29) is 11.9 Å². The molecule has 0 bridgehead atoms. The summed E-state index contributed by atoms with van der Waals surface area (Å²) < 4.78 is 11.8. The molecular formula is C32H34N2O3. The quantitative estimate of drug-likeness (QED) is 0.277. The molecule has 5 nitrogen and oxygen atoms in total. The molecule has 190 valence electrons. The van der Waals surface area contributed by atoms with Crippen molar-refractivity contribution in [1.29, 1.82) is 0 Å². The van der Waals surface area contributed by atoms with Crippen LogP contribution in [0.3, 0.4) is 0 Å². The molecule has 1 aliphatic rings. The van der Waals surface area contributed by atoms with Crippen molar-refractivity contribution in [3.8, 4) is 17.1 Å². The Morgan fingerprint density at radius 1 is 0.973 bits per heavy atom. The van der Waals surface area contributed by atoms with Gasteiger partial charge in [0.15, 0.2) is 0 Å². The molecular weight excluding hydrogens is 460 g/mol. The van der Waals surface area contributed by atoms with Crippen molar-refractivity contribution in [2.45, 2.75) is 32.9 Å². The Balaban J connectivity index is 1.46. The second-order valence-electron chi connectivity index (χ2n) is 9.42. The number of nitrogens with zero attached hydrogens (tertiary/aromatic N) is 2. The predicted molar refractivity (Wildman–Crippen MR) is 147 cm³/mol. The molecule has 4 aromatic rings. The molecule has 1 aliphatic heterocycles. The number of benzene rings is 3. The third kappa shape index (κ3) is 5.18. The minimum Gasteiger partial charge on any atom is -0.497 e. The Bertz CT molecular complexity index is 1340. The molecule has 0 N–H and O–H groups in total. The van der Waals surface area contributed by atoms with Crippen LogP contribution in [0.4, 0.5) is 0 Å². The van der Waals surface area contributed by atoms with Gasteiger partial charge in [0.1, 0.15) is 17.3 Å². The fourth-order valence-corrected chi connectivity index (χ4v) is 5.26. The number of rotatable bonds is 8. The third-order valence-electron chi connectivity index (χ3n) is 7.28. The summed E-state index contributed by atoms with van der Waals surface area (Å²) in [5.41, 5.74) is 5.54. The van der Waals surface area contributed by atoms with Gasteiger partial charge in [0.2, 0.25) is 0 Å². The molecule has 0 spiro atoms. The first kappa shape index (κ1) is 24.8. The minimum absolute atomic E-state index is 0.0533. The number of hydrogen-bond acceptors (Lipinski definition) is 4. The molecule has 0 saturated carbocycles. The maximum Gasteiger partial charge on any atom is 0.253 e. The number of methoxy groups -OCH3 is 1. The molecule has 0 saturated heterocycles. The highest BCUT2D eigenvalue weighted by Crippen LogP contribution is 2.38. The van der Waals surface area contributed by atoms with Crippen molar-refractivity contribution in [3.63, 3.8) is 0 Å². The molecule has 3 aromatic carbocycles. The molecule has 1 atom stereocenters. The first-order chi connectivity index (χ1) is 18.1. The summed E-state index contributed by atoms with van der Waals surface area (Å²) in [5.74, 6) is 2.78. The van der Waals surface area contributed by atoms with E-state index in [9.17, 15) is 4.79 Å². The van der Waals surface area contributed by atoms with Gasteiger partial charge in [-0.05, 0) is 73.4 Å². The maximum absolute atomic E-state index is 12.9. The molecule has 5 rings (SSSR count). The zero-order valence-corrected chi connectivity index (χ0v) is 21.8. The summed E-state index contributed by atoms with van der Waals surface area (Å²) in [6, 6.07) is 28.9. The number of carbonyl (C=O) groups excluding carboxylic acids is 1. The lowest BCUT2D eigenvalue weighted by Gasteiger charge is -2.37. The van der Waals surface area contributed by atoms with E-state index in [1.807, 2.05) is 55.1 Å². The first-order valence-electron chi connectivity index (χ1n) is 13.1. The van der Waals surface area contributed by atoms with Crippen molar-refractivity contribution in [3.05, 3.63) is 113 Å². The monoisotopic (exact) mass is 494 g/mol. The lowest BCUT2D eigenvalue weighted by molar-refractivity contribution is 0.0773. The van der Waals surface area contributed by atoms with E-state index in [4.69, 9.17) is 9.15 Å². The summed E-state index contributed by atoms with van der Waals surface area (Å²) >= 11 is 0. The van der Waals surface area contributed by atoms with Crippen LogP contribution < -0.4 is 4.74 Å². The average Bonchev–Trinajstić information content (AvgIpc) is 3.42. The van der Waals surface area contributed by atoms with E-state index in [0.717, 1.165) is 46.9 Å². The molecule has 37 heavy (non-hydrogen) atoms. The molecule has 0 aliphatic carbocycles. The van der Waals surface area contributed by atoms with Crippen LogP contribution in [0.1, 0.15) is 52.7 Å². The zero-order chi connectivity index (χ0) is 25.8. The first-order valence-corrected chi connectivity index (χ1v) is 13.1. The van der Waals surface area contributed by atoms with Gasteiger partial charge in [-0.15, -0.1) is 0 Å². The number of ether oxygens (including phenoxy) is 1. The van der Waals surface area contributed by atoms with Gasteiger partial charge < -0.3 is 14.1 Å². The van der Waals surface area contributed by atoms with Crippen LogP contribution in [0.2, 0.25) is 0 Å². The zero-order valence-electron chi connectivity index (χ0n) is 21.8. The Hall–Kier alpha value is -3.83. The average molecular weight is 495 g/mol. The number of fused-ring (bicyclic) bond motifs is 1. The predicted octanol–water partition coefficient (Wildman–Crippen LogP) is 6.58. The summed E-state index contributed by atoms with van der Waals surface area (Å²) in [7, 11) is 1.71. The van der Waals surface area contributed by atoms with Crippen molar-refractivity contribution in [2.24, 2.45) is 0 Å². The standard InChI is InChI=1S/C32H34N2O3/c1-4-33(5-2)32(35)25-13-11-24(12-14-25)31-29-17-15-27(36-3)21-26(29)19-20-34(31)22-28-16-18-30(37-28)23-9-7-6-8-10-23/h6-18,21,31H,4-5,19-20,22H2,1-3H3. The number of hydrogen-bond donors (Lipinski definition) is 0. The van der Waals surface area contributed by atoms with Gasteiger partial charge in [-0.1, -0.05) is 48.5 Å². The highest BCUT2D eigenvalue weighted by molar-refractivity contribution is 5.94. The van der Waals surface area contributed by atoms with Gasteiger partial charge in [-0.25, -0.2) is 0 Å². The SMILES string of the molecule is CCN(CC)C(=O)c1ccc(C2c3ccc(OC)cc3CCN2Cc2ccc(-c3ccccc3)o2)cc1. The van der Waals surface area contributed by atoms with Crippen LogP contribution in [0.15, 0.2) is 89.3 Å². The van der Waals surface area contributed by atoms with Crippen LogP contribution in [-0.2, 0) is 13.0 Å². The van der Waals surface area contributed by atoms with Gasteiger partial charge >= 0.3 is 0 Å². The summed E-state index contributed by atoms with van der Waals surface area (Å²) in [6.45, 7) is 7.03. The van der Waals surface area contributed by atoms with Crippen molar-refractivity contribution in [2.75, 3.05) is 26.7 Å². The number of carbonyl (C=O) groups is 1. The highest BCUT2D eigenvalue weighted by atomic mass is 16.5. The van der Waals surface area contributed by atoms with Crippen LogP contribution in [-0.4, -0.2) is 42.5 Å². The fraction of sp³-hybridized carbons (Fsp3) is 0.281. The van der Waals surface area contributed by atoms with E-state index >= 15 is 0 Å². The third-order valence-corrected chi connectivity index (χ3v) is 7.28. The van der Waals surface area contributed by atoms with E-state index in [1.165, 1.54) is 11.1 Å². The van der Waals surface area contributed by atoms with E-state index in [1.54, 1.807) is 7.11 Å². The normalized spacial score (nSPS) is 15.3. The topological polar surface area (TPSA) is 45.9 Å². The molecule has 1 unspecified atom stereocenters. The van der Waals surface area contributed by atoms with Gasteiger partial charge in [-0.3, -0.25) is 9.69 Å². The van der Waals surface area contributed by atoms with E-state index in [0.29, 0.717) is 19.6 Å². The van der Waals surface area contributed by atoms with Gasteiger partial charge in [0, 0.05) is 30.8 Å². The Labute approximate surface area is 219 Å². The second kappa shape index (κ2) is 11.1. The Morgan fingerprint density at radius 3 is 2.43 bits per heavy atom. The largest absolute Gasteiger partial charge is 0.497 e. The highest BCUT2D eigenvalue weighted by Gasteiger charge is 2.30. The molecule has 5 heteroatoms. The van der Waals surface area contributed by atoms with E-state index < -0.39 is 0 Å². The van der Waals surface area contributed by atoms with E-state index in [2.05, 4.69) is 53.4 Å². The Morgan fingerprint density at radius 2 is 1.73 bits per heavy atom. The lowest BCUT2D eigenvalue weighted by Crippen LogP contribution is -2.35. The number of amides is 1. The van der Waals surface area contributed by atoms with Gasteiger partial charge in [-0.2, -0.15) is 0 Å². The van der Waals surface area contributed by atoms with Crippen molar-refractivity contribution in [1.82, 2.24) is 9.80 Å². The summed E-state index contributed by atoms with van der Waals surface area (Å²) in [5, 5.41) is 0. The Kier molecular flexibility index (Phi) is 7.42. The summed E-state index contributed by atoms with van der Waals surface area (Å²) in [4.78, 5) is 17.2. The smallest absolute Gasteiger partial charge is 0.253 e. The van der Waals surface area contributed by atoms with Gasteiger partial charge in [0.25, 0.3) is 5.91 Å². The second-order valence-corrected chi connectivity index (χ2v) is 9.42. The molecule has 0 fully saturated rings. The van der Waals surface area contributed by atoms with Crippen molar-refractivity contribution >= 4 is 5.91 Å². The maximum atomic E-state index is 12.9. The fourth-order valence-electron chi connectivity index (χ4n) is 5.26. The molecule has 1 amide bonds. The number of furan rings is 1. The molecule has 1 aromatic heterocycles. The molecule has 2 heterocycles. The van der Waals surface area contributed by atoms with Crippen LogP contribution in [0.25, 0.3) is 11.3 Å².